The minimum atomic E-state index is -0.573. The van der Waals surface area contributed by atoms with Crippen LogP contribution in [0.1, 0.15) is 42.5 Å². The molecule has 1 aromatic rings. The SMILES string of the molecule is O=C(c1cc(Cl)ccc1[N+](=O)[O-])N1CCC(C(=O)N2CCCCC2)CC1. The number of halogens is 1. The van der Waals surface area contributed by atoms with Crippen LogP contribution < -0.4 is 0 Å². The Hall–Kier alpha value is -2.15. The Morgan fingerprint density at radius 2 is 1.69 bits per heavy atom. The number of rotatable bonds is 3. The first kappa shape index (κ1) is 18.6. The third kappa shape index (κ3) is 3.98. The van der Waals surface area contributed by atoms with Gasteiger partial charge in [0.15, 0.2) is 0 Å². The topological polar surface area (TPSA) is 83.8 Å². The van der Waals surface area contributed by atoms with Crippen LogP contribution in [0.4, 0.5) is 5.69 Å². The summed E-state index contributed by atoms with van der Waals surface area (Å²) in [5, 5.41) is 11.5. The van der Waals surface area contributed by atoms with E-state index in [-0.39, 0.29) is 28.1 Å². The molecule has 140 valence electrons. The summed E-state index contributed by atoms with van der Waals surface area (Å²) in [6, 6.07) is 4.00. The van der Waals surface area contributed by atoms with Gasteiger partial charge in [-0.1, -0.05) is 11.6 Å². The summed E-state index contributed by atoms with van der Waals surface area (Å²) in [4.78, 5) is 39.5. The van der Waals surface area contributed by atoms with Gasteiger partial charge >= 0.3 is 0 Å². The molecule has 0 bridgehead atoms. The van der Waals surface area contributed by atoms with Crippen LogP contribution in [0, 0.1) is 16.0 Å². The second-order valence-corrected chi connectivity index (χ2v) is 7.31. The molecule has 0 radical (unpaired) electrons. The van der Waals surface area contributed by atoms with Crippen LogP contribution in [0.15, 0.2) is 18.2 Å². The Kier molecular flexibility index (Phi) is 5.76. The van der Waals surface area contributed by atoms with Crippen molar-refractivity contribution in [3.05, 3.63) is 38.9 Å². The molecule has 2 fully saturated rings. The van der Waals surface area contributed by atoms with E-state index in [1.807, 2.05) is 4.90 Å². The molecular weight excluding hydrogens is 358 g/mol. The average Bonchev–Trinajstić information content (AvgIpc) is 2.67. The molecule has 0 unspecified atom stereocenters. The van der Waals surface area contributed by atoms with E-state index in [9.17, 15) is 19.7 Å². The summed E-state index contributed by atoms with van der Waals surface area (Å²) < 4.78 is 0. The number of nitro benzene ring substituents is 1. The maximum Gasteiger partial charge on any atom is 0.282 e. The molecule has 0 spiro atoms. The van der Waals surface area contributed by atoms with Crippen LogP contribution in [0.25, 0.3) is 0 Å². The van der Waals surface area contributed by atoms with Crippen molar-refractivity contribution in [1.29, 1.82) is 0 Å². The number of piperidine rings is 2. The number of nitro groups is 1. The molecule has 2 aliphatic heterocycles. The number of benzene rings is 1. The van der Waals surface area contributed by atoms with E-state index in [4.69, 9.17) is 11.6 Å². The summed E-state index contributed by atoms with van der Waals surface area (Å²) in [5.41, 5.74) is -0.241. The fourth-order valence-electron chi connectivity index (χ4n) is 3.71. The predicted octanol–water partition coefficient (Wildman–Crippen LogP) is 3.11. The zero-order valence-corrected chi connectivity index (χ0v) is 15.3. The summed E-state index contributed by atoms with van der Waals surface area (Å²) in [7, 11) is 0. The molecule has 0 aromatic heterocycles. The Morgan fingerprint density at radius 1 is 1.04 bits per heavy atom. The van der Waals surface area contributed by atoms with Crippen molar-refractivity contribution in [2.75, 3.05) is 26.2 Å². The van der Waals surface area contributed by atoms with Crippen LogP contribution in [0.3, 0.4) is 0 Å². The number of carbonyl (C=O) groups is 2. The molecule has 0 atom stereocenters. The van der Waals surface area contributed by atoms with E-state index in [0.29, 0.717) is 25.9 Å². The fourth-order valence-corrected chi connectivity index (χ4v) is 3.88. The Bertz CT molecular complexity index is 710. The first-order valence-electron chi connectivity index (χ1n) is 8.99. The molecule has 2 heterocycles. The van der Waals surface area contributed by atoms with Crippen molar-refractivity contribution < 1.29 is 14.5 Å². The monoisotopic (exact) mass is 379 g/mol. The number of amides is 2. The lowest BCUT2D eigenvalue weighted by Crippen LogP contribution is -2.45. The van der Waals surface area contributed by atoms with Crippen LogP contribution in [0.2, 0.25) is 5.02 Å². The summed E-state index contributed by atoms with van der Waals surface area (Å²) >= 11 is 5.91. The highest BCUT2D eigenvalue weighted by Gasteiger charge is 2.32. The van der Waals surface area contributed by atoms with Gasteiger partial charge in [0.1, 0.15) is 5.56 Å². The number of nitrogens with zero attached hydrogens (tertiary/aromatic N) is 3. The smallest absolute Gasteiger partial charge is 0.282 e. The molecule has 2 aliphatic rings. The highest BCUT2D eigenvalue weighted by molar-refractivity contribution is 6.31. The van der Waals surface area contributed by atoms with Gasteiger partial charge in [-0.25, -0.2) is 0 Å². The molecule has 26 heavy (non-hydrogen) atoms. The molecule has 1 aromatic carbocycles. The van der Waals surface area contributed by atoms with Gasteiger partial charge in [-0.05, 0) is 44.2 Å². The lowest BCUT2D eigenvalue weighted by molar-refractivity contribution is -0.385. The zero-order valence-electron chi connectivity index (χ0n) is 14.5. The van der Waals surface area contributed by atoms with Crippen molar-refractivity contribution >= 4 is 29.1 Å². The van der Waals surface area contributed by atoms with Gasteiger partial charge in [-0.3, -0.25) is 19.7 Å². The van der Waals surface area contributed by atoms with Gasteiger partial charge in [0.05, 0.1) is 4.92 Å². The van der Waals surface area contributed by atoms with E-state index in [1.165, 1.54) is 24.6 Å². The lowest BCUT2D eigenvalue weighted by Gasteiger charge is -2.35. The lowest BCUT2D eigenvalue weighted by atomic mass is 9.94. The van der Waals surface area contributed by atoms with E-state index < -0.39 is 10.8 Å². The molecule has 0 saturated carbocycles. The maximum atomic E-state index is 12.7. The molecular formula is C18H22ClN3O4. The van der Waals surface area contributed by atoms with Crippen LogP contribution in [-0.2, 0) is 4.79 Å². The molecule has 3 rings (SSSR count). The quantitative estimate of drug-likeness (QED) is 0.596. The van der Waals surface area contributed by atoms with E-state index in [0.717, 1.165) is 25.9 Å². The summed E-state index contributed by atoms with van der Waals surface area (Å²) in [6.07, 6.45) is 4.48. The number of likely N-dealkylation sites (tertiary alicyclic amines) is 2. The second-order valence-electron chi connectivity index (χ2n) is 6.87. The van der Waals surface area contributed by atoms with Crippen LogP contribution in [0.5, 0.6) is 0 Å². The minimum Gasteiger partial charge on any atom is -0.342 e. The number of hydrogen-bond donors (Lipinski definition) is 0. The van der Waals surface area contributed by atoms with Gasteiger partial charge in [-0.2, -0.15) is 0 Å². The Labute approximate surface area is 157 Å². The van der Waals surface area contributed by atoms with Crippen molar-refractivity contribution in [1.82, 2.24) is 9.80 Å². The van der Waals surface area contributed by atoms with Crippen molar-refractivity contribution in [2.24, 2.45) is 5.92 Å². The number of carbonyl (C=O) groups excluding carboxylic acids is 2. The van der Waals surface area contributed by atoms with Crippen molar-refractivity contribution in [3.63, 3.8) is 0 Å². The predicted molar refractivity (Wildman–Crippen MR) is 97.2 cm³/mol. The van der Waals surface area contributed by atoms with E-state index >= 15 is 0 Å². The number of hydrogen-bond acceptors (Lipinski definition) is 4. The highest BCUT2D eigenvalue weighted by atomic mass is 35.5. The van der Waals surface area contributed by atoms with Gasteiger partial charge in [0, 0.05) is 43.2 Å². The largest absolute Gasteiger partial charge is 0.342 e. The molecule has 7 nitrogen and oxygen atoms in total. The third-order valence-corrected chi connectivity index (χ3v) is 5.42. The van der Waals surface area contributed by atoms with Gasteiger partial charge in [0.25, 0.3) is 11.6 Å². The maximum absolute atomic E-state index is 12.7. The van der Waals surface area contributed by atoms with Gasteiger partial charge in [0.2, 0.25) is 5.91 Å². The average molecular weight is 380 g/mol. The normalized spacial score (nSPS) is 18.7. The molecule has 0 N–H and O–H groups in total. The third-order valence-electron chi connectivity index (χ3n) is 5.18. The second kappa shape index (κ2) is 8.03. The van der Waals surface area contributed by atoms with Crippen molar-refractivity contribution in [3.8, 4) is 0 Å². The highest BCUT2D eigenvalue weighted by Crippen LogP contribution is 2.27. The van der Waals surface area contributed by atoms with Crippen molar-refractivity contribution in [2.45, 2.75) is 32.1 Å². The van der Waals surface area contributed by atoms with Gasteiger partial charge in [-0.15, -0.1) is 0 Å². The van der Waals surface area contributed by atoms with E-state index in [1.54, 1.807) is 4.90 Å². The fraction of sp³-hybridized carbons (Fsp3) is 0.556. The summed E-state index contributed by atoms with van der Waals surface area (Å²) in [6.45, 7) is 2.50. The summed E-state index contributed by atoms with van der Waals surface area (Å²) in [5.74, 6) is -0.278. The Morgan fingerprint density at radius 3 is 2.31 bits per heavy atom. The molecule has 2 saturated heterocycles. The van der Waals surface area contributed by atoms with Crippen LogP contribution >= 0.6 is 11.6 Å². The zero-order chi connectivity index (χ0) is 18.7. The van der Waals surface area contributed by atoms with E-state index in [2.05, 4.69) is 0 Å². The standard InChI is InChI=1S/C18H22ClN3O4/c19-14-4-5-16(22(25)26)15(12-14)18(24)21-10-6-13(7-11-21)17(23)20-8-2-1-3-9-20/h4-5,12-13H,1-3,6-11H2. The van der Waals surface area contributed by atoms with Crippen LogP contribution in [-0.4, -0.2) is 52.7 Å². The van der Waals surface area contributed by atoms with Gasteiger partial charge < -0.3 is 9.80 Å². The first-order valence-corrected chi connectivity index (χ1v) is 9.37. The minimum absolute atomic E-state index is 0.00306. The Balaban J connectivity index is 1.64. The molecule has 2 amide bonds. The molecule has 8 heteroatoms. The first-order chi connectivity index (χ1) is 12.5. The molecule has 0 aliphatic carbocycles.